The minimum Gasteiger partial charge on any atom is -0.486 e. The zero-order valence-electron chi connectivity index (χ0n) is 8.38. The highest BCUT2D eigenvalue weighted by molar-refractivity contribution is 5.41. The molecule has 0 saturated carbocycles. The van der Waals surface area contributed by atoms with Gasteiger partial charge in [0.25, 0.3) is 5.43 Å². The second kappa shape index (κ2) is 3.32. The minimum atomic E-state index is -0.475. The average Bonchev–Trinajstić information content (AvgIpc) is 2.01. The van der Waals surface area contributed by atoms with Gasteiger partial charge >= 0.3 is 0 Å². The Morgan fingerprint density at radius 2 is 1.54 bits per heavy atom. The van der Waals surface area contributed by atoms with Crippen LogP contribution in [0.5, 0.6) is 5.75 Å². The van der Waals surface area contributed by atoms with Crippen molar-refractivity contribution in [3.05, 3.63) is 26.0 Å². The van der Waals surface area contributed by atoms with E-state index < -0.39 is 5.43 Å². The van der Waals surface area contributed by atoms with Crippen molar-refractivity contribution in [2.24, 2.45) is 0 Å². The fraction of sp³-hybridized carbons (Fsp3) is 0.600. The summed E-state index contributed by atoms with van der Waals surface area (Å²) < 4.78 is 5.25. The highest BCUT2D eigenvalue weighted by Crippen LogP contribution is 2.21. The molecule has 72 valence electrons. The molecular formula is C10H14O3. The monoisotopic (exact) mass is 182 g/mol. The molecule has 3 nitrogen and oxygen atoms in total. The Kier molecular flexibility index (Phi) is 2.55. The molecule has 1 aromatic rings. The molecule has 0 unspecified atom stereocenters. The first kappa shape index (κ1) is 9.96. The van der Waals surface area contributed by atoms with E-state index in [1.54, 1.807) is 0 Å². The lowest BCUT2D eigenvalue weighted by Gasteiger charge is -2.16. The van der Waals surface area contributed by atoms with Crippen molar-refractivity contribution in [2.75, 3.05) is 0 Å². The third-order valence-electron chi connectivity index (χ3n) is 1.83. The quantitative estimate of drug-likeness (QED) is 0.659. The van der Waals surface area contributed by atoms with Gasteiger partial charge in [-0.15, -0.1) is 0 Å². The highest BCUT2D eigenvalue weighted by atomic mass is 16.5. The van der Waals surface area contributed by atoms with Crippen molar-refractivity contribution in [3.63, 3.8) is 0 Å². The summed E-state index contributed by atoms with van der Waals surface area (Å²) in [5, 5.41) is 0. The molecule has 0 spiro atoms. The maximum Gasteiger partial charge on any atom is 0.268 e. The normalized spacial score (nSPS) is 11.5. The van der Waals surface area contributed by atoms with Gasteiger partial charge in [0, 0.05) is 0 Å². The molecule has 0 fully saturated rings. The SMILES string of the molecule is CC(C)Oc1c(C(C)C)c(=O)c1=O. The fourth-order valence-corrected chi connectivity index (χ4v) is 1.27. The van der Waals surface area contributed by atoms with Crippen LogP contribution in [0.25, 0.3) is 0 Å². The summed E-state index contributed by atoms with van der Waals surface area (Å²) >= 11 is 0. The lowest BCUT2D eigenvalue weighted by molar-refractivity contribution is 0.233. The predicted molar refractivity (Wildman–Crippen MR) is 51.2 cm³/mol. The lowest BCUT2D eigenvalue weighted by atomic mass is 9.97. The van der Waals surface area contributed by atoms with Crippen molar-refractivity contribution < 1.29 is 4.74 Å². The Morgan fingerprint density at radius 1 is 1.00 bits per heavy atom. The molecule has 0 saturated heterocycles. The Morgan fingerprint density at radius 3 is 1.92 bits per heavy atom. The van der Waals surface area contributed by atoms with E-state index in [1.165, 1.54) is 0 Å². The van der Waals surface area contributed by atoms with Gasteiger partial charge in [0.1, 0.15) is 0 Å². The van der Waals surface area contributed by atoms with Crippen LogP contribution in [0.3, 0.4) is 0 Å². The molecule has 0 aliphatic heterocycles. The molecule has 1 rings (SSSR count). The summed E-state index contributed by atoms with van der Waals surface area (Å²) in [4.78, 5) is 22.2. The van der Waals surface area contributed by atoms with Gasteiger partial charge in [0.15, 0.2) is 5.75 Å². The van der Waals surface area contributed by atoms with Gasteiger partial charge in [0.05, 0.1) is 11.7 Å². The van der Waals surface area contributed by atoms with Crippen molar-refractivity contribution in [3.8, 4) is 5.75 Å². The van der Waals surface area contributed by atoms with Crippen LogP contribution in [-0.2, 0) is 0 Å². The summed E-state index contributed by atoms with van der Waals surface area (Å²) in [5.41, 5.74) is -0.318. The van der Waals surface area contributed by atoms with Gasteiger partial charge in [-0.25, -0.2) is 0 Å². The Balaban J connectivity index is 3.02. The molecule has 0 aliphatic rings. The maximum atomic E-state index is 11.1. The topological polar surface area (TPSA) is 43.4 Å². The van der Waals surface area contributed by atoms with E-state index in [9.17, 15) is 9.59 Å². The van der Waals surface area contributed by atoms with Crippen LogP contribution in [0.15, 0.2) is 9.59 Å². The molecule has 0 aromatic heterocycles. The Bertz CT molecular complexity index is 367. The van der Waals surface area contributed by atoms with Crippen molar-refractivity contribution >= 4 is 0 Å². The van der Waals surface area contributed by atoms with Crippen molar-refractivity contribution in [1.82, 2.24) is 0 Å². The second-order valence-corrected chi connectivity index (χ2v) is 3.72. The zero-order valence-corrected chi connectivity index (χ0v) is 8.38. The zero-order chi connectivity index (χ0) is 10.2. The Labute approximate surface area is 77.0 Å². The van der Waals surface area contributed by atoms with E-state index in [0.29, 0.717) is 5.56 Å². The van der Waals surface area contributed by atoms with Gasteiger partial charge < -0.3 is 4.74 Å². The first-order valence-electron chi connectivity index (χ1n) is 4.45. The summed E-state index contributed by atoms with van der Waals surface area (Å²) in [7, 11) is 0. The molecule has 0 amide bonds. The second-order valence-electron chi connectivity index (χ2n) is 3.72. The third-order valence-corrected chi connectivity index (χ3v) is 1.83. The molecule has 0 atom stereocenters. The van der Waals surface area contributed by atoms with E-state index in [-0.39, 0.29) is 23.2 Å². The van der Waals surface area contributed by atoms with Crippen LogP contribution in [-0.4, -0.2) is 6.10 Å². The summed E-state index contributed by atoms with van der Waals surface area (Å²) in [6.45, 7) is 7.43. The summed E-state index contributed by atoms with van der Waals surface area (Å²) in [6.07, 6.45) is -0.0548. The Hall–Kier alpha value is -1.12. The van der Waals surface area contributed by atoms with Gasteiger partial charge in [-0.2, -0.15) is 0 Å². The van der Waals surface area contributed by atoms with E-state index in [1.807, 2.05) is 27.7 Å². The number of hydrogen-bond acceptors (Lipinski definition) is 3. The predicted octanol–water partition coefficient (Wildman–Crippen LogP) is 1.19. The smallest absolute Gasteiger partial charge is 0.268 e. The average molecular weight is 182 g/mol. The van der Waals surface area contributed by atoms with E-state index in [2.05, 4.69) is 0 Å². The third kappa shape index (κ3) is 1.64. The lowest BCUT2D eigenvalue weighted by Crippen LogP contribution is -2.38. The van der Waals surface area contributed by atoms with Gasteiger partial charge in [0.2, 0.25) is 5.43 Å². The number of hydrogen-bond donors (Lipinski definition) is 0. The van der Waals surface area contributed by atoms with Gasteiger partial charge in [-0.1, -0.05) is 13.8 Å². The molecule has 0 radical (unpaired) electrons. The molecule has 0 heterocycles. The van der Waals surface area contributed by atoms with Crippen molar-refractivity contribution in [1.29, 1.82) is 0 Å². The number of rotatable bonds is 3. The van der Waals surface area contributed by atoms with E-state index in [4.69, 9.17) is 4.74 Å². The highest BCUT2D eigenvalue weighted by Gasteiger charge is 2.25. The van der Waals surface area contributed by atoms with Crippen molar-refractivity contribution in [2.45, 2.75) is 39.7 Å². The molecule has 0 bridgehead atoms. The van der Waals surface area contributed by atoms with Crippen LogP contribution in [0.1, 0.15) is 39.2 Å². The van der Waals surface area contributed by atoms with E-state index in [0.717, 1.165) is 0 Å². The first-order valence-corrected chi connectivity index (χ1v) is 4.45. The standard InChI is InChI=1S/C10H14O3/c1-5(2)7-8(11)9(12)10(7)13-6(3)4/h5-6H,1-4H3. The van der Waals surface area contributed by atoms with E-state index >= 15 is 0 Å². The van der Waals surface area contributed by atoms with Crippen LogP contribution >= 0.6 is 0 Å². The summed E-state index contributed by atoms with van der Waals surface area (Å²) in [6, 6.07) is 0. The molecule has 3 heteroatoms. The molecule has 0 aliphatic carbocycles. The van der Waals surface area contributed by atoms with Crippen LogP contribution in [0.4, 0.5) is 0 Å². The first-order chi connectivity index (χ1) is 5.95. The number of ether oxygens (including phenoxy) is 1. The molecule has 0 N–H and O–H groups in total. The largest absolute Gasteiger partial charge is 0.486 e. The molecule has 13 heavy (non-hydrogen) atoms. The fourth-order valence-electron chi connectivity index (χ4n) is 1.27. The van der Waals surface area contributed by atoms with Crippen LogP contribution in [0.2, 0.25) is 0 Å². The summed E-state index contributed by atoms with van der Waals surface area (Å²) in [5.74, 6) is 0.342. The molecular weight excluding hydrogens is 168 g/mol. The van der Waals surface area contributed by atoms with Crippen LogP contribution in [0, 0.1) is 0 Å². The van der Waals surface area contributed by atoms with Gasteiger partial charge in [-0.05, 0) is 19.8 Å². The molecule has 1 aromatic carbocycles. The maximum absolute atomic E-state index is 11.1. The van der Waals surface area contributed by atoms with Crippen LogP contribution < -0.4 is 15.6 Å². The van der Waals surface area contributed by atoms with Gasteiger partial charge in [-0.3, -0.25) is 9.59 Å². The minimum absolute atomic E-state index is 0.0548.